The highest BCUT2D eigenvalue weighted by Gasteiger charge is 2.35. The molecule has 0 aromatic carbocycles. The zero-order valence-electron chi connectivity index (χ0n) is 18.2. The summed E-state index contributed by atoms with van der Waals surface area (Å²) >= 11 is 1.34. The number of carbonyl (C=O) groups excluding carboxylic acids is 1. The minimum Gasteiger partial charge on any atom is -0.339 e. The standard InChI is InChI=1S/C22H25N5O4S2/c1-14-18(12-17(32-14)20-25-22(31-26-20)15-6-4-7-15)33(29,30)27-11-5-8-16(13-27)21(28)24-19-9-2-3-10-23-19/h2-3,9-10,12,15-16H,4-8,11,13H2,1H3,(H,23,24,28). The molecule has 1 saturated heterocycles. The van der Waals surface area contributed by atoms with E-state index in [4.69, 9.17) is 4.52 Å². The fourth-order valence-corrected chi connectivity index (χ4v) is 7.18. The summed E-state index contributed by atoms with van der Waals surface area (Å²) in [7, 11) is -3.76. The van der Waals surface area contributed by atoms with Crippen molar-refractivity contribution in [2.24, 2.45) is 5.92 Å². The number of anilines is 1. The van der Waals surface area contributed by atoms with Crippen molar-refractivity contribution in [3.05, 3.63) is 41.2 Å². The van der Waals surface area contributed by atoms with E-state index in [2.05, 4.69) is 20.4 Å². The predicted octanol–water partition coefficient (Wildman–Crippen LogP) is 3.81. The third kappa shape index (κ3) is 4.44. The summed E-state index contributed by atoms with van der Waals surface area (Å²) in [5.41, 5.74) is 0. The summed E-state index contributed by atoms with van der Waals surface area (Å²) in [4.78, 5) is 22.9. The summed E-state index contributed by atoms with van der Waals surface area (Å²) in [5, 5.41) is 6.86. The van der Waals surface area contributed by atoms with Crippen LogP contribution in [0.5, 0.6) is 0 Å². The van der Waals surface area contributed by atoms with Crippen LogP contribution in [0.15, 0.2) is 39.9 Å². The van der Waals surface area contributed by atoms with Crippen LogP contribution in [0.25, 0.3) is 10.7 Å². The topological polar surface area (TPSA) is 118 Å². The second kappa shape index (κ2) is 8.96. The van der Waals surface area contributed by atoms with Crippen molar-refractivity contribution in [2.75, 3.05) is 18.4 Å². The summed E-state index contributed by atoms with van der Waals surface area (Å²) < 4.78 is 33.8. The second-order valence-corrected chi connectivity index (χ2v) is 11.7. The molecule has 4 heterocycles. The van der Waals surface area contributed by atoms with E-state index < -0.39 is 15.9 Å². The number of nitrogens with zero attached hydrogens (tertiary/aromatic N) is 4. The van der Waals surface area contributed by atoms with Crippen LogP contribution in [-0.2, 0) is 14.8 Å². The quantitative estimate of drug-likeness (QED) is 0.562. The first-order valence-electron chi connectivity index (χ1n) is 11.1. The number of thiophene rings is 1. The van der Waals surface area contributed by atoms with Gasteiger partial charge in [-0.3, -0.25) is 4.79 Å². The van der Waals surface area contributed by atoms with Gasteiger partial charge in [-0.1, -0.05) is 17.6 Å². The number of piperidine rings is 1. The number of amides is 1. The first-order chi connectivity index (χ1) is 15.9. The van der Waals surface area contributed by atoms with Gasteiger partial charge in [0, 0.05) is 30.1 Å². The van der Waals surface area contributed by atoms with Crippen molar-refractivity contribution >= 4 is 33.1 Å². The van der Waals surface area contributed by atoms with Gasteiger partial charge in [0.05, 0.1) is 15.7 Å². The minimum atomic E-state index is -3.76. The van der Waals surface area contributed by atoms with E-state index in [0.29, 0.717) is 52.6 Å². The first-order valence-corrected chi connectivity index (χ1v) is 13.3. The Hall–Kier alpha value is -2.63. The third-order valence-electron chi connectivity index (χ3n) is 6.28. The summed E-state index contributed by atoms with van der Waals surface area (Å²) in [5.74, 6) is 1.19. The summed E-state index contributed by atoms with van der Waals surface area (Å²) in [6, 6.07) is 6.89. The maximum absolute atomic E-state index is 13.5. The molecule has 5 rings (SSSR count). The molecule has 2 aliphatic rings. The third-order valence-corrected chi connectivity index (χ3v) is 9.44. The van der Waals surface area contributed by atoms with Gasteiger partial charge in [0.2, 0.25) is 27.6 Å². The molecule has 0 spiro atoms. The molecule has 9 nitrogen and oxygen atoms in total. The van der Waals surface area contributed by atoms with Crippen LogP contribution in [0.2, 0.25) is 0 Å². The van der Waals surface area contributed by atoms with Gasteiger partial charge >= 0.3 is 0 Å². The van der Waals surface area contributed by atoms with Crippen molar-refractivity contribution in [1.82, 2.24) is 19.4 Å². The van der Waals surface area contributed by atoms with E-state index in [1.165, 1.54) is 22.1 Å². The molecule has 0 bridgehead atoms. The lowest BCUT2D eigenvalue weighted by molar-refractivity contribution is -0.120. The number of aryl methyl sites for hydroxylation is 1. The lowest BCUT2D eigenvalue weighted by Crippen LogP contribution is -2.43. The van der Waals surface area contributed by atoms with Crippen molar-refractivity contribution in [3.8, 4) is 10.7 Å². The number of sulfonamides is 1. The zero-order valence-corrected chi connectivity index (χ0v) is 19.9. The molecule has 33 heavy (non-hydrogen) atoms. The Labute approximate surface area is 196 Å². The van der Waals surface area contributed by atoms with Crippen molar-refractivity contribution in [1.29, 1.82) is 0 Å². The fraction of sp³-hybridized carbons (Fsp3) is 0.455. The SMILES string of the molecule is Cc1sc(-c2noc(C3CCC3)n2)cc1S(=O)(=O)N1CCCC(C(=O)Nc2ccccn2)C1. The molecule has 0 radical (unpaired) electrons. The summed E-state index contributed by atoms with van der Waals surface area (Å²) in [6.07, 6.45) is 6.11. The molecule has 174 valence electrons. The first kappa shape index (κ1) is 22.2. The lowest BCUT2D eigenvalue weighted by Gasteiger charge is -2.31. The smallest absolute Gasteiger partial charge is 0.244 e. The Morgan fingerprint density at radius 1 is 1.24 bits per heavy atom. The number of hydrogen-bond acceptors (Lipinski definition) is 8. The average Bonchev–Trinajstić information content (AvgIpc) is 3.40. The number of pyridine rings is 1. The molecule has 1 aliphatic carbocycles. The fourth-order valence-electron chi connectivity index (χ4n) is 4.17. The molecule has 3 aromatic rings. The highest BCUT2D eigenvalue weighted by molar-refractivity contribution is 7.89. The number of rotatable bonds is 6. The van der Waals surface area contributed by atoms with Crippen LogP contribution in [-0.4, -0.2) is 46.8 Å². The molecule has 2 fully saturated rings. The Morgan fingerprint density at radius 2 is 2.09 bits per heavy atom. The van der Waals surface area contributed by atoms with Crippen LogP contribution in [0.3, 0.4) is 0 Å². The van der Waals surface area contributed by atoms with Gasteiger partial charge in [-0.25, -0.2) is 13.4 Å². The minimum absolute atomic E-state index is 0.139. The number of hydrogen-bond donors (Lipinski definition) is 1. The molecule has 1 aliphatic heterocycles. The van der Waals surface area contributed by atoms with Crippen LogP contribution in [0, 0.1) is 12.8 Å². The van der Waals surface area contributed by atoms with Crippen LogP contribution >= 0.6 is 11.3 Å². The highest BCUT2D eigenvalue weighted by Crippen LogP contribution is 2.38. The molecule has 1 amide bonds. The van der Waals surface area contributed by atoms with Gasteiger partial charge < -0.3 is 9.84 Å². The maximum atomic E-state index is 13.5. The largest absolute Gasteiger partial charge is 0.339 e. The van der Waals surface area contributed by atoms with Gasteiger partial charge in [-0.2, -0.15) is 9.29 Å². The van der Waals surface area contributed by atoms with E-state index in [1.54, 1.807) is 37.4 Å². The van der Waals surface area contributed by atoms with Crippen LogP contribution < -0.4 is 5.32 Å². The van der Waals surface area contributed by atoms with Gasteiger partial charge in [0.15, 0.2) is 0 Å². The van der Waals surface area contributed by atoms with E-state index in [0.717, 1.165) is 12.8 Å². The van der Waals surface area contributed by atoms with Crippen molar-refractivity contribution < 1.29 is 17.7 Å². The number of aromatic nitrogens is 3. The van der Waals surface area contributed by atoms with Gasteiger partial charge in [-0.05, 0) is 50.8 Å². The number of carbonyl (C=O) groups is 1. The monoisotopic (exact) mass is 487 g/mol. The normalized spacial score (nSPS) is 19.8. The van der Waals surface area contributed by atoms with Crippen LogP contribution in [0.4, 0.5) is 5.82 Å². The second-order valence-electron chi connectivity index (χ2n) is 8.52. The Kier molecular flexibility index (Phi) is 6.02. The van der Waals surface area contributed by atoms with E-state index >= 15 is 0 Å². The molecule has 11 heteroatoms. The van der Waals surface area contributed by atoms with E-state index in [-0.39, 0.29) is 17.3 Å². The van der Waals surface area contributed by atoms with E-state index in [9.17, 15) is 13.2 Å². The van der Waals surface area contributed by atoms with Gasteiger partial charge in [-0.15, -0.1) is 11.3 Å². The zero-order chi connectivity index (χ0) is 23.0. The average molecular weight is 488 g/mol. The molecular formula is C22H25N5O4S2. The molecule has 1 atom stereocenters. The Balaban J connectivity index is 1.32. The molecule has 1 unspecified atom stereocenters. The van der Waals surface area contributed by atoms with Gasteiger partial charge in [0.25, 0.3) is 0 Å². The molecule has 1 N–H and O–H groups in total. The summed E-state index contributed by atoms with van der Waals surface area (Å²) in [6.45, 7) is 2.30. The number of nitrogens with one attached hydrogen (secondary N) is 1. The Bertz CT molecular complexity index is 1250. The van der Waals surface area contributed by atoms with E-state index in [1.807, 2.05) is 0 Å². The predicted molar refractivity (Wildman–Crippen MR) is 123 cm³/mol. The van der Waals surface area contributed by atoms with Crippen molar-refractivity contribution in [2.45, 2.75) is 49.8 Å². The lowest BCUT2D eigenvalue weighted by atomic mass is 9.85. The van der Waals surface area contributed by atoms with Crippen LogP contribution in [0.1, 0.15) is 48.8 Å². The Morgan fingerprint density at radius 3 is 2.82 bits per heavy atom. The highest BCUT2D eigenvalue weighted by atomic mass is 32.2. The maximum Gasteiger partial charge on any atom is 0.244 e. The van der Waals surface area contributed by atoms with Gasteiger partial charge in [0.1, 0.15) is 5.82 Å². The molecule has 1 saturated carbocycles. The molecule has 3 aromatic heterocycles. The molecular weight excluding hydrogens is 462 g/mol. The van der Waals surface area contributed by atoms with Crippen molar-refractivity contribution in [3.63, 3.8) is 0 Å².